The van der Waals surface area contributed by atoms with Crippen molar-refractivity contribution in [1.82, 2.24) is 4.90 Å². The highest BCUT2D eigenvalue weighted by Gasteiger charge is 2.08. The Balaban J connectivity index is 3.68. The Morgan fingerprint density at radius 2 is 2.07 bits per heavy atom. The Hall–Kier alpha value is -0.220. The fourth-order valence-electron chi connectivity index (χ4n) is 1.41. The third-order valence-corrected chi connectivity index (χ3v) is 3.32. The van der Waals surface area contributed by atoms with Crippen molar-refractivity contribution in [2.24, 2.45) is 5.73 Å². The lowest BCUT2D eigenvalue weighted by molar-refractivity contribution is 0.229. The van der Waals surface area contributed by atoms with Gasteiger partial charge in [0.1, 0.15) is 0 Å². The molecule has 0 saturated carbocycles. The molecule has 0 aliphatic carbocycles. The van der Waals surface area contributed by atoms with E-state index in [1.54, 1.807) is 0 Å². The van der Waals surface area contributed by atoms with E-state index in [0.717, 1.165) is 13.1 Å². The van der Waals surface area contributed by atoms with Crippen LogP contribution in [0.5, 0.6) is 0 Å². The molecule has 0 amide bonds. The lowest BCUT2D eigenvalue weighted by atomic mass is 10.2. The zero-order valence-corrected chi connectivity index (χ0v) is 11.1. The normalized spacial score (nSPS) is 11.3. The smallest absolute Gasteiger partial charge is 0.0918 e. The molecule has 0 aromatic rings. The minimum absolute atomic E-state index is 0.295. The SMILES string of the molecule is CCSCCCN(CCC(=N)N)C(C)C. The second-order valence-electron chi connectivity index (χ2n) is 3.96. The standard InChI is InChI=1S/C11H25N3S/c1-4-15-9-5-7-14(10(2)3)8-6-11(12)13/h10H,4-9H2,1-3H3,(H3,12,13). The minimum atomic E-state index is 0.295. The van der Waals surface area contributed by atoms with E-state index in [4.69, 9.17) is 11.1 Å². The van der Waals surface area contributed by atoms with Crippen LogP contribution < -0.4 is 5.73 Å². The molecular weight excluding hydrogens is 206 g/mol. The van der Waals surface area contributed by atoms with Crippen LogP contribution >= 0.6 is 11.8 Å². The van der Waals surface area contributed by atoms with Gasteiger partial charge in [-0.25, -0.2) is 0 Å². The Morgan fingerprint density at radius 1 is 1.40 bits per heavy atom. The van der Waals surface area contributed by atoms with Crippen molar-refractivity contribution in [3.05, 3.63) is 0 Å². The Labute approximate surface area is 98.3 Å². The number of thioether (sulfide) groups is 1. The number of nitrogens with one attached hydrogen (secondary N) is 1. The monoisotopic (exact) mass is 231 g/mol. The quantitative estimate of drug-likeness (QED) is 0.363. The highest BCUT2D eigenvalue weighted by molar-refractivity contribution is 7.99. The summed E-state index contributed by atoms with van der Waals surface area (Å²) in [5.41, 5.74) is 5.37. The number of rotatable bonds is 9. The van der Waals surface area contributed by atoms with Gasteiger partial charge in [0.05, 0.1) is 5.84 Å². The van der Waals surface area contributed by atoms with E-state index in [1.807, 2.05) is 11.8 Å². The third-order valence-electron chi connectivity index (χ3n) is 2.34. The van der Waals surface area contributed by atoms with Crippen LogP contribution in [0.3, 0.4) is 0 Å². The molecule has 0 aromatic heterocycles. The fourth-order valence-corrected chi connectivity index (χ4v) is 2.03. The first kappa shape index (κ1) is 14.8. The molecule has 0 bridgehead atoms. The number of amidine groups is 1. The molecule has 0 heterocycles. The van der Waals surface area contributed by atoms with Gasteiger partial charge in [-0.1, -0.05) is 6.92 Å². The van der Waals surface area contributed by atoms with Gasteiger partial charge < -0.3 is 10.6 Å². The van der Waals surface area contributed by atoms with Gasteiger partial charge in [-0.05, 0) is 38.3 Å². The van der Waals surface area contributed by atoms with Crippen LogP contribution in [0.1, 0.15) is 33.6 Å². The van der Waals surface area contributed by atoms with E-state index in [9.17, 15) is 0 Å². The summed E-state index contributed by atoms with van der Waals surface area (Å²) in [6.07, 6.45) is 1.92. The molecule has 0 rings (SSSR count). The second-order valence-corrected chi connectivity index (χ2v) is 5.35. The van der Waals surface area contributed by atoms with Crippen LogP contribution in [-0.4, -0.2) is 41.4 Å². The first-order chi connectivity index (χ1) is 7.07. The van der Waals surface area contributed by atoms with Crippen molar-refractivity contribution in [3.8, 4) is 0 Å². The Kier molecular flexibility index (Phi) is 8.91. The Bertz CT molecular complexity index is 171. The lowest BCUT2D eigenvalue weighted by Crippen LogP contribution is -2.34. The molecule has 0 radical (unpaired) electrons. The second kappa shape index (κ2) is 9.04. The van der Waals surface area contributed by atoms with E-state index >= 15 is 0 Å². The van der Waals surface area contributed by atoms with Gasteiger partial charge in [0.25, 0.3) is 0 Å². The first-order valence-electron chi connectivity index (χ1n) is 5.72. The highest BCUT2D eigenvalue weighted by atomic mass is 32.2. The topological polar surface area (TPSA) is 53.1 Å². The summed E-state index contributed by atoms with van der Waals surface area (Å²) in [5.74, 6) is 2.73. The Morgan fingerprint density at radius 3 is 2.53 bits per heavy atom. The first-order valence-corrected chi connectivity index (χ1v) is 6.88. The summed E-state index contributed by atoms with van der Waals surface area (Å²) >= 11 is 1.99. The largest absolute Gasteiger partial charge is 0.388 e. The molecular formula is C11H25N3S. The van der Waals surface area contributed by atoms with E-state index < -0.39 is 0 Å². The number of hydrogen-bond donors (Lipinski definition) is 2. The van der Waals surface area contributed by atoms with Crippen LogP contribution in [0.25, 0.3) is 0 Å². The summed E-state index contributed by atoms with van der Waals surface area (Å²) in [4.78, 5) is 2.40. The van der Waals surface area contributed by atoms with Gasteiger partial charge in [-0.15, -0.1) is 0 Å². The molecule has 0 aliphatic rings. The van der Waals surface area contributed by atoms with Crippen molar-refractivity contribution in [2.75, 3.05) is 24.6 Å². The van der Waals surface area contributed by atoms with Crippen LogP contribution in [0, 0.1) is 5.41 Å². The molecule has 0 unspecified atom stereocenters. The molecule has 3 nitrogen and oxygen atoms in total. The molecule has 0 aromatic carbocycles. The molecule has 0 fully saturated rings. The molecule has 4 heteroatoms. The molecule has 0 aliphatic heterocycles. The van der Waals surface area contributed by atoms with E-state index in [2.05, 4.69) is 25.7 Å². The van der Waals surface area contributed by atoms with E-state index in [-0.39, 0.29) is 0 Å². The molecule has 0 spiro atoms. The van der Waals surface area contributed by atoms with Crippen LogP contribution in [0.2, 0.25) is 0 Å². The van der Waals surface area contributed by atoms with Gasteiger partial charge >= 0.3 is 0 Å². The number of nitrogens with two attached hydrogens (primary N) is 1. The van der Waals surface area contributed by atoms with Crippen LogP contribution in [-0.2, 0) is 0 Å². The van der Waals surface area contributed by atoms with Gasteiger partial charge in [-0.3, -0.25) is 5.41 Å². The molecule has 0 atom stereocenters. The van der Waals surface area contributed by atoms with E-state index in [1.165, 1.54) is 17.9 Å². The number of hydrogen-bond acceptors (Lipinski definition) is 3. The molecule has 15 heavy (non-hydrogen) atoms. The predicted molar refractivity (Wildman–Crippen MR) is 70.9 cm³/mol. The van der Waals surface area contributed by atoms with Crippen molar-refractivity contribution in [2.45, 2.75) is 39.7 Å². The van der Waals surface area contributed by atoms with Crippen molar-refractivity contribution in [3.63, 3.8) is 0 Å². The van der Waals surface area contributed by atoms with Gasteiger partial charge in [0, 0.05) is 19.0 Å². The maximum atomic E-state index is 7.22. The average Bonchev–Trinajstić information content (AvgIpc) is 2.15. The molecule has 90 valence electrons. The minimum Gasteiger partial charge on any atom is -0.388 e. The molecule has 3 N–H and O–H groups in total. The fraction of sp³-hybridized carbons (Fsp3) is 0.909. The summed E-state index contributed by atoms with van der Waals surface area (Å²) in [7, 11) is 0. The summed E-state index contributed by atoms with van der Waals surface area (Å²) in [5, 5.41) is 7.22. The zero-order chi connectivity index (χ0) is 11.7. The van der Waals surface area contributed by atoms with Gasteiger partial charge in [0.15, 0.2) is 0 Å². The third kappa shape index (κ3) is 8.75. The van der Waals surface area contributed by atoms with Crippen LogP contribution in [0.4, 0.5) is 0 Å². The summed E-state index contributed by atoms with van der Waals surface area (Å²) in [6, 6.07) is 0.552. The van der Waals surface area contributed by atoms with Crippen LogP contribution in [0.15, 0.2) is 0 Å². The lowest BCUT2D eigenvalue weighted by Gasteiger charge is -2.26. The molecule has 0 saturated heterocycles. The van der Waals surface area contributed by atoms with Crippen molar-refractivity contribution >= 4 is 17.6 Å². The highest BCUT2D eigenvalue weighted by Crippen LogP contribution is 2.05. The van der Waals surface area contributed by atoms with Crippen molar-refractivity contribution < 1.29 is 0 Å². The zero-order valence-electron chi connectivity index (χ0n) is 10.3. The van der Waals surface area contributed by atoms with E-state index in [0.29, 0.717) is 18.3 Å². The predicted octanol–water partition coefficient (Wildman–Crippen LogP) is 2.17. The maximum Gasteiger partial charge on any atom is 0.0918 e. The summed E-state index contributed by atoms with van der Waals surface area (Å²) < 4.78 is 0. The maximum absolute atomic E-state index is 7.22. The number of nitrogens with zero attached hydrogens (tertiary/aromatic N) is 1. The van der Waals surface area contributed by atoms with Crippen molar-refractivity contribution in [1.29, 1.82) is 5.41 Å². The average molecular weight is 231 g/mol. The summed E-state index contributed by atoms with van der Waals surface area (Å²) in [6.45, 7) is 8.64. The van der Waals surface area contributed by atoms with Gasteiger partial charge in [-0.2, -0.15) is 11.8 Å². The van der Waals surface area contributed by atoms with Gasteiger partial charge in [0.2, 0.25) is 0 Å².